The van der Waals surface area contributed by atoms with E-state index in [-0.39, 0.29) is 14.9 Å². The van der Waals surface area contributed by atoms with Gasteiger partial charge in [-0.25, -0.2) is 8.42 Å². The van der Waals surface area contributed by atoms with Gasteiger partial charge in [0.05, 0.1) is 4.92 Å². The maximum absolute atomic E-state index is 11.5. The molecule has 1 N–H and O–H groups in total. The lowest BCUT2D eigenvalue weighted by atomic mass is 10.1. The highest BCUT2D eigenvalue weighted by Crippen LogP contribution is 2.36. The first-order chi connectivity index (χ1) is 10.3. The lowest BCUT2D eigenvalue weighted by Gasteiger charge is -2.06. The highest BCUT2D eigenvalue weighted by Gasteiger charge is 2.23. The minimum atomic E-state index is -3.45. The topological polar surface area (TPSA) is 89.3 Å². The summed E-state index contributed by atoms with van der Waals surface area (Å²) in [6.07, 6.45) is 1.75. The van der Waals surface area contributed by atoms with Crippen molar-refractivity contribution in [1.29, 1.82) is 0 Å². The van der Waals surface area contributed by atoms with Crippen molar-refractivity contribution in [2.75, 3.05) is 18.1 Å². The van der Waals surface area contributed by atoms with Crippen LogP contribution in [0.15, 0.2) is 34.5 Å². The Kier molecular flexibility index (Phi) is 4.82. The molecular weight excluding hydrogens is 324 g/mol. The molecule has 1 heterocycles. The van der Waals surface area contributed by atoms with E-state index in [1.54, 1.807) is 0 Å². The van der Waals surface area contributed by atoms with Crippen molar-refractivity contribution in [2.24, 2.45) is 0 Å². The second-order valence-corrected chi connectivity index (χ2v) is 8.21. The lowest BCUT2D eigenvalue weighted by Crippen LogP contribution is -2.05. The zero-order chi connectivity index (χ0) is 16.3. The first-order valence-electron chi connectivity index (χ1n) is 6.55. The van der Waals surface area contributed by atoms with E-state index < -0.39 is 14.8 Å². The standard InChI is InChI=1S/C14H16N2O4S2/c1-10-5-3-4-6-11(10)7-8-15-14-12(16(17)18)9-13(21-14)22(2,19)20/h3-6,9,15H,7-8H2,1-2H3. The Balaban J connectivity index is 2.14. The molecule has 0 saturated heterocycles. The smallest absolute Gasteiger partial charge is 0.304 e. The van der Waals surface area contributed by atoms with Gasteiger partial charge in [-0.1, -0.05) is 35.6 Å². The van der Waals surface area contributed by atoms with Crippen LogP contribution in [0, 0.1) is 17.0 Å². The minimum absolute atomic E-state index is 0.00223. The molecule has 0 radical (unpaired) electrons. The Morgan fingerprint density at radius 1 is 1.32 bits per heavy atom. The van der Waals surface area contributed by atoms with Crippen molar-refractivity contribution in [3.05, 3.63) is 51.6 Å². The predicted molar refractivity (Wildman–Crippen MR) is 87.5 cm³/mol. The summed E-state index contributed by atoms with van der Waals surface area (Å²) >= 11 is 0.893. The first-order valence-corrected chi connectivity index (χ1v) is 9.26. The van der Waals surface area contributed by atoms with E-state index in [0.717, 1.165) is 34.8 Å². The third-order valence-electron chi connectivity index (χ3n) is 3.19. The maximum Gasteiger partial charge on any atom is 0.304 e. The fourth-order valence-electron chi connectivity index (χ4n) is 2.01. The van der Waals surface area contributed by atoms with Crippen molar-refractivity contribution in [1.82, 2.24) is 0 Å². The van der Waals surface area contributed by atoms with Crippen LogP contribution in [-0.4, -0.2) is 26.1 Å². The van der Waals surface area contributed by atoms with Gasteiger partial charge in [0.15, 0.2) is 14.8 Å². The summed E-state index contributed by atoms with van der Waals surface area (Å²) < 4.78 is 23.0. The monoisotopic (exact) mass is 340 g/mol. The molecule has 22 heavy (non-hydrogen) atoms. The van der Waals surface area contributed by atoms with Gasteiger partial charge in [0.25, 0.3) is 0 Å². The molecule has 8 heteroatoms. The highest BCUT2D eigenvalue weighted by molar-refractivity contribution is 7.92. The molecule has 0 saturated carbocycles. The minimum Gasteiger partial charge on any atom is -0.371 e. The molecule has 1 aromatic heterocycles. The average molecular weight is 340 g/mol. The zero-order valence-electron chi connectivity index (χ0n) is 12.2. The quantitative estimate of drug-likeness (QED) is 0.645. The molecule has 1 aromatic carbocycles. The molecule has 6 nitrogen and oxygen atoms in total. The summed E-state index contributed by atoms with van der Waals surface area (Å²) in [5.41, 5.74) is 2.11. The zero-order valence-corrected chi connectivity index (χ0v) is 13.8. The van der Waals surface area contributed by atoms with Gasteiger partial charge in [-0.05, 0) is 24.5 Å². The molecule has 0 aliphatic rings. The molecular formula is C14H16N2O4S2. The number of anilines is 1. The molecule has 0 atom stereocenters. The molecule has 2 rings (SSSR count). The van der Waals surface area contributed by atoms with Gasteiger partial charge in [-0.3, -0.25) is 10.1 Å². The van der Waals surface area contributed by atoms with Crippen LogP contribution in [0.2, 0.25) is 0 Å². The van der Waals surface area contributed by atoms with Gasteiger partial charge in [0.2, 0.25) is 0 Å². The van der Waals surface area contributed by atoms with E-state index in [9.17, 15) is 18.5 Å². The molecule has 0 unspecified atom stereocenters. The molecule has 0 aliphatic heterocycles. The number of nitrogens with zero attached hydrogens (tertiary/aromatic N) is 1. The second kappa shape index (κ2) is 6.45. The van der Waals surface area contributed by atoms with Crippen molar-refractivity contribution in [3.8, 4) is 0 Å². The van der Waals surface area contributed by atoms with Crippen LogP contribution in [0.3, 0.4) is 0 Å². The Morgan fingerprint density at radius 3 is 2.59 bits per heavy atom. The van der Waals surface area contributed by atoms with E-state index >= 15 is 0 Å². The van der Waals surface area contributed by atoms with Crippen LogP contribution in [0.5, 0.6) is 0 Å². The first kappa shape index (κ1) is 16.4. The Bertz CT molecular complexity index is 797. The Labute approximate surface area is 132 Å². The van der Waals surface area contributed by atoms with Crippen molar-refractivity contribution in [2.45, 2.75) is 17.6 Å². The van der Waals surface area contributed by atoms with Crippen LogP contribution in [-0.2, 0) is 16.3 Å². The average Bonchev–Trinajstić information content (AvgIpc) is 2.85. The number of thiophene rings is 1. The van der Waals surface area contributed by atoms with E-state index in [1.807, 2.05) is 31.2 Å². The summed E-state index contributed by atoms with van der Waals surface area (Å²) in [4.78, 5) is 10.5. The number of rotatable bonds is 6. The predicted octanol–water partition coefficient (Wildman–Crippen LogP) is 3.02. The highest BCUT2D eigenvalue weighted by atomic mass is 32.2. The van der Waals surface area contributed by atoms with Crippen LogP contribution >= 0.6 is 11.3 Å². The Morgan fingerprint density at radius 2 is 2.00 bits per heavy atom. The number of aryl methyl sites for hydroxylation is 1. The van der Waals surface area contributed by atoms with Gasteiger partial charge >= 0.3 is 5.69 Å². The maximum atomic E-state index is 11.5. The van der Waals surface area contributed by atoms with E-state index in [4.69, 9.17) is 0 Å². The third-order valence-corrected chi connectivity index (χ3v) is 6.08. The largest absolute Gasteiger partial charge is 0.371 e. The molecule has 0 aliphatic carbocycles. The van der Waals surface area contributed by atoms with Crippen LogP contribution < -0.4 is 5.32 Å². The summed E-state index contributed by atoms with van der Waals surface area (Å²) in [5, 5.41) is 14.3. The van der Waals surface area contributed by atoms with E-state index in [1.165, 1.54) is 0 Å². The van der Waals surface area contributed by atoms with Gasteiger partial charge in [0.1, 0.15) is 4.21 Å². The molecule has 0 spiro atoms. The van der Waals surface area contributed by atoms with Crippen molar-refractivity contribution in [3.63, 3.8) is 0 Å². The van der Waals surface area contributed by atoms with Gasteiger partial charge in [-0.2, -0.15) is 0 Å². The van der Waals surface area contributed by atoms with E-state index in [0.29, 0.717) is 13.0 Å². The van der Waals surface area contributed by atoms with E-state index in [2.05, 4.69) is 5.32 Å². The summed E-state index contributed by atoms with van der Waals surface area (Å²) in [6, 6.07) is 9.01. The normalized spacial score (nSPS) is 11.4. The van der Waals surface area contributed by atoms with Gasteiger partial charge in [-0.15, -0.1) is 0 Å². The number of hydrogen-bond acceptors (Lipinski definition) is 6. The van der Waals surface area contributed by atoms with Crippen molar-refractivity contribution < 1.29 is 13.3 Å². The summed E-state index contributed by atoms with van der Waals surface area (Å²) in [6.45, 7) is 2.50. The molecule has 0 fully saturated rings. The van der Waals surface area contributed by atoms with Crippen molar-refractivity contribution >= 4 is 31.9 Å². The van der Waals surface area contributed by atoms with Crippen LogP contribution in [0.1, 0.15) is 11.1 Å². The van der Waals surface area contributed by atoms with Gasteiger partial charge < -0.3 is 5.32 Å². The molecule has 0 amide bonds. The Hall–Kier alpha value is -1.93. The lowest BCUT2D eigenvalue weighted by molar-refractivity contribution is -0.383. The fourth-order valence-corrected chi connectivity index (χ4v) is 3.97. The number of nitrogens with one attached hydrogen (secondary N) is 1. The fraction of sp³-hybridized carbons (Fsp3) is 0.286. The SMILES string of the molecule is Cc1ccccc1CCNc1sc(S(C)(=O)=O)cc1[N+](=O)[O-]. The third kappa shape index (κ3) is 3.83. The number of sulfone groups is 1. The second-order valence-electron chi connectivity index (χ2n) is 4.91. The number of hydrogen-bond donors (Lipinski definition) is 1. The van der Waals surface area contributed by atoms with Gasteiger partial charge in [0, 0.05) is 18.9 Å². The number of nitro groups is 1. The summed E-state index contributed by atoms with van der Waals surface area (Å²) in [5.74, 6) is 0. The molecule has 2 aromatic rings. The van der Waals surface area contributed by atoms with Crippen LogP contribution in [0.25, 0.3) is 0 Å². The number of benzene rings is 1. The molecule has 118 valence electrons. The molecule has 0 bridgehead atoms. The summed E-state index contributed by atoms with van der Waals surface area (Å²) in [7, 11) is -3.45. The van der Waals surface area contributed by atoms with Crippen LogP contribution in [0.4, 0.5) is 10.7 Å².